The van der Waals surface area contributed by atoms with Crippen LogP contribution >= 0.6 is 0 Å². The average Bonchev–Trinajstić information content (AvgIpc) is 2.57. The van der Waals surface area contributed by atoms with E-state index in [1.807, 2.05) is 52.0 Å². The second-order valence-electron chi connectivity index (χ2n) is 4.20. The van der Waals surface area contributed by atoms with E-state index in [9.17, 15) is 0 Å². The van der Waals surface area contributed by atoms with Gasteiger partial charge in [0, 0.05) is 10.8 Å². The summed E-state index contributed by atoms with van der Waals surface area (Å²) in [6.45, 7) is 15.9. The number of furan rings is 1. The Morgan fingerprint density at radius 3 is 2.41 bits per heavy atom. The molecule has 1 nitrogen and oxygen atoms in total. The molecule has 0 amide bonds. The minimum atomic E-state index is 0.834. The van der Waals surface area contributed by atoms with Gasteiger partial charge in [-0.2, -0.15) is 0 Å². The summed E-state index contributed by atoms with van der Waals surface area (Å²) in [6.07, 6.45) is 7.85. The van der Waals surface area contributed by atoms with Crippen LogP contribution in [-0.4, -0.2) is 0 Å². The van der Waals surface area contributed by atoms with Gasteiger partial charge in [0.1, 0.15) is 11.2 Å². The topological polar surface area (TPSA) is 13.1 Å². The van der Waals surface area contributed by atoms with Crippen LogP contribution in [0, 0.1) is 6.92 Å². The highest BCUT2D eigenvalue weighted by Crippen LogP contribution is 2.08. The van der Waals surface area contributed by atoms with E-state index in [1.54, 1.807) is 0 Å². The van der Waals surface area contributed by atoms with Crippen LogP contribution in [0.3, 0.4) is 0 Å². The second kappa shape index (κ2) is 5.53. The Kier molecular flexibility index (Phi) is 4.33. The van der Waals surface area contributed by atoms with Gasteiger partial charge < -0.3 is 4.42 Å². The average molecular weight is 228 g/mol. The minimum absolute atomic E-state index is 0.834. The first-order valence-electron chi connectivity index (χ1n) is 5.73. The highest BCUT2D eigenvalue weighted by atomic mass is 16.3. The largest absolute Gasteiger partial charge is 0.456 e. The van der Waals surface area contributed by atoms with Gasteiger partial charge >= 0.3 is 0 Å². The van der Waals surface area contributed by atoms with Crippen LogP contribution in [0.15, 0.2) is 34.3 Å². The Hall–Kier alpha value is -1.76. The monoisotopic (exact) mass is 228 g/mol. The first-order valence-corrected chi connectivity index (χ1v) is 5.73. The number of rotatable bonds is 3. The molecule has 1 aromatic heterocycles. The van der Waals surface area contributed by atoms with Crippen molar-refractivity contribution in [2.45, 2.75) is 27.7 Å². The van der Waals surface area contributed by atoms with Crippen LogP contribution in [0.25, 0.3) is 18.7 Å². The molecule has 0 atom stereocenters. The van der Waals surface area contributed by atoms with Gasteiger partial charge in [-0.3, -0.25) is 0 Å². The summed E-state index contributed by atoms with van der Waals surface area (Å²) >= 11 is 0. The third-order valence-electron chi connectivity index (χ3n) is 2.83. The lowest BCUT2D eigenvalue weighted by molar-refractivity contribution is 0.520. The Morgan fingerprint density at radius 1 is 1.24 bits per heavy atom. The molecule has 90 valence electrons. The van der Waals surface area contributed by atoms with Crippen LogP contribution in [0.5, 0.6) is 0 Å². The van der Waals surface area contributed by atoms with Gasteiger partial charge in [-0.15, -0.1) is 0 Å². The quantitative estimate of drug-likeness (QED) is 0.723. The van der Waals surface area contributed by atoms with Crippen molar-refractivity contribution in [3.63, 3.8) is 0 Å². The van der Waals surface area contributed by atoms with Crippen molar-refractivity contribution in [3.05, 3.63) is 51.8 Å². The standard InChI is InChI=1S/C16H20O/c1-7-11(3)9-15-13(5)14(6)16(17-15)10-12(4)8-2/h7-10H,1,6H2,2-5H3/b11-9-,12-8-,16-10+. The van der Waals surface area contributed by atoms with Gasteiger partial charge in [0.2, 0.25) is 0 Å². The molecule has 1 aromatic rings. The summed E-state index contributed by atoms with van der Waals surface area (Å²) in [7, 11) is 0. The summed E-state index contributed by atoms with van der Waals surface area (Å²) in [6, 6.07) is 0. The molecule has 0 saturated heterocycles. The minimum Gasteiger partial charge on any atom is -0.456 e. The highest BCUT2D eigenvalue weighted by Gasteiger charge is 2.03. The molecule has 0 aliphatic carbocycles. The molecule has 0 aliphatic rings. The molecule has 17 heavy (non-hydrogen) atoms. The van der Waals surface area contributed by atoms with Gasteiger partial charge in [-0.25, -0.2) is 0 Å². The van der Waals surface area contributed by atoms with Crippen molar-refractivity contribution >= 4 is 18.7 Å². The summed E-state index contributed by atoms with van der Waals surface area (Å²) < 4.78 is 5.81. The van der Waals surface area contributed by atoms with Gasteiger partial charge in [-0.1, -0.05) is 30.9 Å². The summed E-state index contributed by atoms with van der Waals surface area (Å²) in [4.78, 5) is 0. The Balaban J connectivity index is 3.42. The first-order chi connectivity index (χ1) is 7.99. The predicted molar refractivity (Wildman–Crippen MR) is 76.0 cm³/mol. The SMILES string of the molecule is C=C/C(C)=C\c1o/c(=C/C(C)=C\C)c(=C)c1C. The summed E-state index contributed by atoms with van der Waals surface area (Å²) in [5.74, 6) is 0.863. The van der Waals surface area contributed by atoms with Crippen LogP contribution in [0.1, 0.15) is 32.1 Å². The maximum atomic E-state index is 5.81. The van der Waals surface area contributed by atoms with E-state index < -0.39 is 0 Å². The molecule has 0 radical (unpaired) electrons. The van der Waals surface area contributed by atoms with Gasteiger partial charge in [0.15, 0.2) is 0 Å². The van der Waals surface area contributed by atoms with Gasteiger partial charge in [0.05, 0.1) is 0 Å². The number of hydrogen-bond acceptors (Lipinski definition) is 1. The van der Waals surface area contributed by atoms with Crippen molar-refractivity contribution in [2.24, 2.45) is 0 Å². The molecule has 0 aromatic carbocycles. The molecular formula is C16H20O. The Labute approximate surface area is 103 Å². The van der Waals surface area contributed by atoms with Crippen LogP contribution in [-0.2, 0) is 0 Å². The molecule has 0 spiro atoms. The zero-order chi connectivity index (χ0) is 13.0. The molecule has 0 fully saturated rings. The fourth-order valence-corrected chi connectivity index (χ4v) is 1.40. The van der Waals surface area contributed by atoms with E-state index in [2.05, 4.69) is 13.2 Å². The third-order valence-corrected chi connectivity index (χ3v) is 2.83. The lowest BCUT2D eigenvalue weighted by Gasteiger charge is -1.91. The van der Waals surface area contributed by atoms with E-state index in [4.69, 9.17) is 4.42 Å². The molecular weight excluding hydrogens is 208 g/mol. The molecule has 0 N–H and O–H groups in total. The van der Waals surface area contributed by atoms with Crippen molar-refractivity contribution in [2.75, 3.05) is 0 Å². The molecule has 0 saturated carbocycles. The third kappa shape index (κ3) is 3.10. The zero-order valence-electron chi connectivity index (χ0n) is 11.1. The van der Waals surface area contributed by atoms with E-state index in [1.165, 1.54) is 5.57 Å². The highest BCUT2D eigenvalue weighted by molar-refractivity contribution is 5.55. The van der Waals surface area contributed by atoms with Crippen LogP contribution in [0.4, 0.5) is 0 Å². The van der Waals surface area contributed by atoms with Crippen molar-refractivity contribution < 1.29 is 4.42 Å². The fourth-order valence-electron chi connectivity index (χ4n) is 1.40. The van der Waals surface area contributed by atoms with E-state index in [0.29, 0.717) is 0 Å². The molecule has 1 heterocycles. The van der Waals surface area contributed by atoms with E-state index >= 15 is 0 Å². The smallest absolute Gasteiger partial charge is 0.134 e. The molecule has 0 aliphatic heterocycles. The van der Waals surface area contributed by atoms with Crippen molar-refractivity contribution in [1.29, 1.82) is 0 Å². The predicted octanol–water partition coefficient (Wildman–Crippen LogP) is 3.33. The maximum Gasteiger partial charge on any atom is 0.134 e. The number of allylic oxidation sites excluding steroid dienone is 4. The van der Waals surface area contributed by atoms with E-state index in [0.717, 1.165) is 27.5 Å². The van der Waals surface area contributed by atoms with Crippen LogP contribution < -0.4 is 10.6 Å². The lowest BCUT2D eigenvalue weighted by Crippen LogP contribution is -2.19. The first kappa shape index (κ1) is 13.3. The molecule has 0 bridgehead atoms. The maximum absolute atomic E-state index is 5.81. The normalized spacial score (nSPS) is 14.2. The number of hydrogen-bond donors (Lipinski definition) is 0. The van der Waals surface area contributed by atoms with Gasteiger partial charge in [0.25, 0.3) is 0 Å². The van der Waals surface area contributed by atoms with Gasteiger partial charge in [-0.05, 0) is 45.4 Å². The zero-order valence-corrected chi connectivity index (χ0v) is 11.1. The second-order valence-corrected chi connectivity index (χ2v) is 4.20. The molecule has 1 heteroatoms. The summed E-state index contributed by atoms with van der Waals surface area (Å²) in [5.41, 5.74) is 4.17. The van der Waals surface area contributed by atoms with Crippen LogP contribution in [0.2, 0.25) is 0 Å². The van der Waals surface area contributed by atoms with Crippen molar-refractivity contribution in [1.82, 2.24) is 0 Å². The van der Waals surface area contributed by atoms with E-state index in [-0.39, 0.29) is 0 Å². The summed E-state index contributed by atoms with van der Waals surface area (Å²) in [5, 5.41) is 0.953. The molecule has 0 unspecified atom stereocenters. The lowest BCUT2D eigenvalue weighted by atomic mass is 10.2. The Bertz CT molecular complexity index is 580. The fraction of sp³-hybridized carbons (Fsp3) is 0.250. The molecule has 1 rings (SSSR count). The van der Waals surface area contributed by atoms with Crippen molar-refractivity contribution in [3.8, 4) is 0 Å². The Morgan fingerprint density at radius 2 is 1.88 bits per heavy atom.